The number of nitrogens with zero attached hydrogens (tertiary/aromatic N) is 2. The molecule has 1 rings (SSSR count). The minimum absolute atomic E-state index is 0.177. The van der Waals surface area contributed by atoms with Crippen molar-refractivity contribution in [3.63, 3.8) is 0 Å². The highest BCUT2D eigenvalue weighted by atomic mass is 16.4. The normalized spacial score (nSPS) is 11.7. The summed E-state index contributed by atoms with van der Waals surface area (Å²) >= 11 is 0. The third kappa shape index (κ3) is 6.09. The van der Waals surface area contributed by atoms with Gasteiger partial charge in [0.2, 0.25) is 6.33 Å². The van der Waals surface area contributed by atoms with E-state index in [0.717, 1.165) is 6.92 Å². The average Bonchev–Trinajstić information content (AvgIpc) is 2.46. The zero-order valence-corrected chi connectivity index (χ0v) is 11.9. The molecule has 0 atom stereocenters. The molecule has 0 aliphatic heterocycles. The van der Waals surface area contributed by atoms with E-state index in [2.05, 4.69) is 69.4 Å². The maximum absolute atomic E-state index is 8.89. The molecule has 98 valence electrons. The Labute approximate surface area is 104 Å². The molecule has 17 heavy (non-hydrogen) atoms. The molecule has 0 saturated heterocycles. The standard InChI is InChI=1S/C11H21N2.C2H4O2/c1-10(2,3)12-7-8-13(9-12)11(4,5)6;1-2(3)4/h7-9H,1-6H3;1H3,(H,3,4)/q+1;/p-1. The fraction of sp³-hybridized carbons (Fsp3) is 0.692. The second-order valence-corrected chi connectivity index (χ2v) is 6.06. The maximum Gasteiger partial charge on any atom is 0.244 e. The third-order valence-corrected chi connectivity index (χ3v) is 2.19. The van der Waals surface area contributed by atoms with Crippen LogP contribution in [0.1, 0.15) is 48.5 Å². The summed E-state index contributed by atoms with van der Waals surface area (Å²) in [5.74, 6) is -1.08. The van der Waals surface area contributed by atoms with Gasteiger partial charge in [-0.05, 0) is 48.5 Å². The maximum atomic E-state index is 8.89. The van der Waals surface area contributed by atoms with Crippen molar-refractivity contribution in [3.05, 3.63) is 18.7 Å². The Hall–Kier alpha value is -1.32. The van der Waals surface area contributed by atoms with Gasteiger partial charge in [0.1, 0.15) is 23.5 Å². The zero-order valence-electron chi connectivity index (χ0n) is 11.9. The summed E-state index contributed by atoms with van der Waals surface area (Å²) in [5.41, 5.74) is 0.354. The molecule has 0 fully saturated rings. The molecule has 1 heterocycles. The summed E-state index contributed by atoms with van der Waals surface area (Å²) in [5, 5.41) is 8.89. The lowest BCUT2D eigenvalue weighted by Gasteiger charge is -2.16. The van der Waals surface area contributed by atoms with Crippen LogP contribution in [0.3, 0.4) is 0 Å². The predicted octanol–water partition coefficient (Wildman–Crippen LogP) is 1.04. The molecule has 0 aromatic carbocycles. The van der Waals surface area contributed by atoms with E-state index in [0.29, 0.717) is 0 Å². The van der Waals surface area contributed by atoms with Gasteiger partial charge in [0.05, 0.1) is 0 Å². The Morgan fingerprint density at radius 3 is 1.76 bits per heavy atom. The molecule has 0 N–H and O–H groups in total. The number of rotatable bonds is 0. The second kappa shape index (κ2) is 5.34. The molecule has 0 aliphatic rings. The number of aliphatic carboxylic acids is 1. The molecule has 4 heteroatoms. The van der Waals surface area contributed by atoms with Gasteiger partial charge in [0, 0.05) is 5.97 Å². The number of carbonyl (C=O) groups excluding carboxylic acids is 1. The number of hydrogen-bond donors (Lipinski definition) is 0. The van der Waals surface area contributed by atoms with Crippen LogP contribution < -0.4 is 9.67 Å². The van der Waals surface area contributed by atoms with Crippen molar-refractivity contribution in [1.82, 2.24) is 4.57 Å². The molecule has 0 aliphatic carbocycles. The number of hydrogen-bond acceptors (Lipinski definition) is 2. The fourth-order valence-corrected chi connectivity index (χ4v) is 1.15. The molecule has 0 bridgehead atoms. The van der Waals surface area contributed by atoms with Crippen LogP contribution in [0.4, 0.5) is 0 Å². The highest BCUT2D eigenvalue weighted by molar-refractivity contribution is 5.60. The van der Waals surface area contributed by atoms with Gasteiger partial charge in [-0.15, -0.1) is 0 Å². The van der Waals surface area contributed by atoms with Crippen molar-refractivity contribution in [2.24, 2.45) is 0 Å². The molecule has 1 aromatic rings. The smallest absolute Gasteiger partial charge is 0.244 e. The minimum Gasteiger partial charge on any atom is -0.550 e. The van der Waals surface area contributed by atoms with E-state index >= 15 is 0 Å². The Bertz CT molecular complexity index is 335. The lowest BCUT2D eigenvalue weighted by Crippen LogP contribution is -2.48. The number of carboxylic acid groups (broad SMARTS) is 1. The fourth-order valence-electron chi connectivity index (χ4n) is 1.15. The van der Waals surface area contributed by atoms with Gasteiger partial charge in [-0.3, -0.25) is 0 Å². The molecule has 0 spiro atoms. The van der Waals surface area contributed by atoms with Crippen LogP contribution in [0.15, 0.2) is 18.7 Å². The SMILES string of the molecule is CC(=O)[O-].CC(C)(C)n1cc[n+](C(C)(C)C)c1. The topological polar surface area (TPSA) is 48.9 Å². The Morgan fingerprint density at radius 2 is 1.59 bits per heavy atom. The first-order valence-corrected chi connectivity index (χ1v) is 5.72. The highest BCUT2D eigenvalue weighted by Gasteiger charge is 2.24. The zero-order chi connectivity index (χ0) is 13.9. The average molecular weight is 240 g/mol. The molecule has 0 saturated carbocycles. The van der Waals surface area contributed by atoms with Gasteiger partial charge in [-0.2, -0.15) is 0 Å². The Kier molecular flexibility index (Phi) is 4.93. The van der Waals surface area contributed by atoms with E-state index in [1.807, 2.05) is 0 Å². The first kappa shape index (κ1) is 15.7. The van der Waals surface area contributed by atoms with Crippen LogP contribution >= 0.6 is 0 Å². The quantitative estimate of drug-likeness (QED) is 0.636. The van der Waals surface area contributed by atoms with Crippen LogP contribution in [0.25, 0.3) is 0 Å². The number of imidazole rings is 1. The summed E-state index contributed by atoms with van der Waals surface area (Å²) in [7, 11) is 0. The largest absolute Gasteiger partial charge is 0.550 e. The summed E-state index contributed by atoms with van der Waals surface area (Å²) in [6.07, 6.45) is 6.43. The molecule has 0 amide bonds. The Balaban J connectivity index is 0.000000557. The van der Waals surface area contributed by atoms with Crippen molar-refractivity contribution in [2.45, 2.75) is 59.5 Å². The predicted molar refractivity (Wildman–Crippen MR) is 65.3 cm³/mol. The summed E-state index contributed by atoms with van der Waals surface area (Å²) in [6, 6.07) is 0. The number of carbonyl (C=O) groups is 1. The van der Waals surface area contributed by atoms with E-state index in [4.69, 9.17) is 9.90 Å². The van der Waals surface area contributed by atoms with E-state index in [9.17, 15) is 0 Å². The molecule has 0 unspecified atom stereocenters. The van der Waals surface area contributed by atoms with Crippen LogP contribution in [-0.4, -0.2) is 10.5 Å². The molecular formula is C13H24N2O2. The molecule has 4 nitrogen and oxygen atoms in total. The summed E-state index contributed by atoms with van der Waals surface area (Å²) < 4.78 is 4.47. The first-order chi connectivity index (χ1) is 7.44. The number of aromatic nitrogens is 2. The highest BCUT2D eigenvalue weighted by Crippen LogP contribution is 2.13. The summed E-state index contributed by atoms with van der Waals surface area (Å²) in [4.78, 5) is 8.89. The van der Waals surface area contributed by atoms with Crippen molar-refractivity contribution in [3.8, 4) is 0 Å². The van der Waals surface area contributed by atoms with Gasteiger partial charge in [-0.25, -0.2) is 9.13 Å². The molecule has 0 radical (unpaired) electrons. The first-order valence-electron chi connectivity index (χ1n) is 5.72. The van der Waals surface area contributed by atoms with E-state index in [1.165, 1.54) is 0 Å². The van der Waals surface area contributed by atoms with Crippen LogP contribution in [-0.2, 0) is 15.9 Å². The summed E-state index contributed by atoms with van der Waals surface area (Å²) in [6.45, 7) is 14.2. The Morgan fingerprint density at radius 1 is 1.18 bits per heavy atom. The molecule has 1 aromatic heterocycles. The van der Waals surface area contributed by atoms with Gasteiger partial charge < -0.3 is 9.90 Å². The van der Waals surface area contributed by atoms with Crippen molar-refractivity contribution in [1.29, 1.82) is 0 Å². The van der Waals surface area contributed by atoms with Gasteiger partial charge in [-0.1, -0.05) is 0 Å². The van der Waals surface area contributed by atoms with Gasteiger partial charge >= 0.3 is 0 Å². The van der Waals surface area contributed by atoms with Crippen LogP contribution in [0.2, 0.25) is 0 Å². The van der Waals surface area contributed by atoms with E-state index in [-0.39, 0.29) is 11.1 Å². The lowest BCUT2D eigenvalue weighted by atomic mass is 10.1. The van der Waals surface area contributed by atoms with Gasteiger partial charge in [0.15, 0.2) is 0 Å². The van der Waals surface area contributed by atoms with E-state index in [1.54, 1.807) is 0 Å². The monoisotopic (exact) mass is 240 g/mol. The third-order valence-electron chi connectivity index (χ3n) is 2.19. The van der Waals surface area contributed by atoms with Crippen LogP contribution in [0.5, 0.6) is 0 Å². The second-order valence-electron chi connectivity index (χ2n) is 6.06. The van der Waals surface area contributed by atoms with E-state index < -0.39 is 5.97 Å². The molecular weight excluding hydrogens is 216 g/mol. The van der Waals surface area contributed by atoms with Crippen molar-refractivity contribution < 1.29 is 14.5 Å². The number of carboxylic acids is 1. The van der Waals surface area contributed by atoms with Crippen LogP contribution in [0, 0.1) is 0 Å². The minimum atomic E-state index is -1.08. The van der Waals surface area contributed by atoms with Crippen molar-refractivity contribution in [2.75, 3.05) is 0 Å². The van der Waals surface area contributed by atoms with Gasteiger partial charge in [0.25, 0.3) is 0 Å². The van der Waals surface area contributed by atoms with Crippen molar-refractivity contribution >= 4 is 5.97 Å². The lowest BCUT2D eigenvalue weighted by molar-refractivity contribution is -0.753.